The molecule has 0 aliphatic heterocycles. The predicted molar refractivity (Wildman–Crippen MR) is 164 cm³/mol. The van der Waals surface area contributed by atoms with Gasteiger partial charge in [0.15, 0.2) is 0 Å². The summed E-state index contributed by atoms with van der Waals surface area (Å²) < 4.78 is 7.03. The molecule has 2 N–H and O–H groups in total. The third-order valence-electron chi connectivity index (χ3n) is 6.84. The van der Waals surface area contributed by atoms with Gasteiger partial charge in [-0.3, -0.25) is 4.79 Å². The summed E-state index contributed by atoms with van der Waals surface area (Å²) in [4.78, 5) is 28.5. The fourth-order valence-electron chi connectivity index (χ4n) is 4.90. The highest BCUT2D eigenvalue weighted by Crippen LogP contribution is 2.34. The Bertz CT molecular complexity index is 1660. The number of anilines is 2. The van der Waals surface area contributed by atoms with E-state index in [2.05, 4.69) is 10.6 Å². The van der Waals surface area contributed by atoms with Gasteiger partial charge in [-0.25, -0.2) is 9.48 Å². The fraction of sp³-hybridized carbons (Fsp3) is 0.182. The minimum Gasteiger partial charge on any atom is -0.497 e. The molecule has 0 unspecified atom stereocenters. The molecule has 0 spiro atoms. The van der Waals surface area contributed by atoms with E-state index in [4.69, 9.17) is 9.84 Å². The van der Waals surface area contributed by atoms with Crippen LogP contribution in [0.3, 0.4) is 0 Å². The number of rotatable bonds is 9. The van der Waals surface area contributed by atoms with E-state index in [1.807, 2.05) is 111 Å². The maximum atomic E-state index is 13.5. The Morgan fingerprint density at radius 3 is 2.32 bits per heavy atom. The van der Waals surface area contributed by atoms with Crippen molar-refractivity contribution in [2.75, 3.05) is 30.8 Å². The van der Waals surface area contributed by atoms with Crippen LogP contribution in [0.4, 0.5) is 16.3 Å². The Kier molecular flexibility index (Phi) is 8.29. The molecule has 8 nitrogen and oxygen atoms in total. The Balaban J connectivity index is 1.42. The van der Waals surface area contributed by atoms with Crippen molar-refractivity contribution >= 4 is 34.2 Å². The Labute approximate surface area is 239 Å². The summed E-state index contributed by atoms with van der Waals surface area (Å²) in [5.74, 6) is 0.937. The van der Waals surface area contributed by atoms with Gasteiger partial charge in [0.05, 0.1) is 24.2 Å². The Morgan fingerprint density at radius 1 is 0.878 bits per heavy atom. The van der Waals surface area contributed by atoms with Crippen molar-refractivity contribution in [3.8, 4) is 22.6 Å². The highest BCUT2D eigenvalue weighted by molar-refractivity contribution is 6.03. The minimum atomic E-state index is -0.332. The molecule has 0 saturated carbocycles. The van der Waals surface area contributed by atoms with Crippen molar-refractivity contribution in [3.05, 3.63) is 103 Å². The van der Waals surface area contributed by atoms with Crippen LogP contribution in [0.2, 0.25) is 0 Å². The number of fused-ring (bicyclic) bond motifs is 1. The van der Waals surface area contributed by atoms with Gasteiger partial charge in [-0.2, -0.15) is 5.10 Å². The molecule has 5 rings (SSSR count). The lowest BCUT2D eigenvalue weighted by Crippen LogP contribution is -2.41. The highest BCUT2D eigenvalue weighted by Gasteiger charge is 2.23. The average molecular weight is 548 g/mol. The van der Waals surface area contributed by atoms with E-state index in [1.54, 1.807) is 11.8 Å². The van der Waals surface area contributed by atoms with Gasteiger partial charge in [-0.1, -0.05) is 73.7 Å². The van der Waals surface area contributed by atoms with Crippen LogP contribution in [0.1, 0.15) is 19.0 Å². The number of urea groups is 1. The molecule has 0 atom stereocenters. The molecule has 41 heavy (non-hydrogen) atoms. The van der Waals surface area contributed by atoms with Gasteiger partial charge in [0.2, 0.25) is 5.91 Å². The molecule has 0 bridgehead atoms. The second-order valence-electron chi connectivity index (χ2n) is 9.71. The highest BCUT2D eigenvalue weighted by atomic mass is 16.5. The quantitative estimate of drug-likeness (QED) is 0.210. The molecule has 1 aromatic heterocycles. The number of carbonyl (C=O) groups is 2. The zero-order valence-electron chi connectivity index (χ0n) is 23.4. The average Bonchev–Trinajstić information content (AvgIpc) is 3.32. The Morgan fingerprint density at radius 2 is 1.59 bits per heavy atom. The molecule has 0 fully saturated rings. The number of hydrogen-bond acceptors (Lipinski definition) is 4. The van der Waals surface area contributed by atoms with Crippen LogP contribution >= 0.6 is 0 Å². The van der Waals surface area contributed by atoms with Crippen LogP contribution in [0.15, 0.2) is 97.1 Å². The topological polar surface area (TPSA) is 88.5 Å². The molecular weight excluding hydrogens is 514 g/mol. The summed E-state index contributed by atoms with van der Waals surface area (Å²) in [6.45, 7) is 4.20. The molecule has 0 radical (unpaired) electrons. The van der Waals surface area contributed by atoms with E-state index >= 15 is 0 Å². The van der Waals surface area contributed by atoms with E-state index in [-0.39, 0.29) is 18.5 Å². The lowest BCUT2D eigenvalue weighted by molar-refractivity contribution is -0.116. The second kappa shape index (κ2) is 12.4. The van der Waals surface area contributed by atoms with Crippen molar-refractivity contribution < 1.29 is 14.3 Å². The van der Waals surface area contributed by atoms with E-state index < -0.39 is 0 Å². The number of methoxy groups -OCH3 is 1. The molecular formula is C33H33N5O3. The first kappa shape index (κ1) is 27.5. The molecule has 5 aromatic rings. The summed E-state index contributed by atoms with van der Waals surface area (Å²) in [7, 11) is 1.62. The largest absolute Gasteiger partial charge is 0.497 e. The van der Waals surface area contributed by atoms with E-state index in [1.165, 1.54) is 4.90 Å². The number of benzene rings is 4. The summed E-state index contributed by atoms with van der Waals surface area (Å²) in [6, 6.07) is 30.6. The van der Waals surface area contributed by atoms with Crippen molar-refractivity contribution in [1.82, 2.24) is 14.7 Å². The first-order valence-corrected chi connectivity index (χ1v) is 13.6. The standard InChI is InChI=1S/C33H33N5O3/c1-4-21-37(33(40)34-29-16-10-14-24-11-8-9-15-28(24)29)22-30(39)35-32-31(25-12-6-5-7-13-25)23(2)36-38(32)26-17-19-27(41-3)20-18-26/h5-20H,4,21-22H2,1-3H3,(H,34,40)(H,35,39). The van der Waals surface area contributed by atoms with Crippen LogP contribution in [0.5, 0.6) is 5.75 Å². The predicted octanol–water partition coefficient (Wildman–Crippen LogP) is 6.89. The molecule has 3 amide bonds. The van der Waals surface area contributed by atoms with Crippen LogP contribution in [0.25, 0.3) is 27.6 Å². The van der Waals surface area contributed by atoms with Gasteiger partial charge >= 0.3 is 6.03 Å². The van der Waals surface area contributed by atoms with E-state index in [0.29, 0.717) is 24.5 Å². The fourth-order valence-corrected chi connectivity index (χ4v) is 4.90. The molecule has 1 heterocycles. The van der Waals surface area contributed by atoms with Gasteiger partial charge in [-0.05, 0) is 54.6 Å². The molecule has 4 aromatic carbocycles. The zero-order valence-corrected chi connectivity index (χ0v) is 23.4. The summed E-state index contributed by atoms with van der Waals surface area (Å²) in [5, 5.41) is 12.8. The third-order valence-corrected chi connectivity index (χ3v) is 6.84. The van der Waals surface area contributed by atoms with Crippen LogP contribution < -0.4 is 15.4 Å². The zero-order chi connectivity index (χ0) is 28.8. The third kappa shape index (κ3) is 6.06. The number of amides is 3. The number of aryl methyl sites for hydroxylation is 1. The van der Waals surface area contributed by atoms with E-state index in [0.717, 1.165) is 39.0 Å². The molecule has 0 aliphatic carbocycles. The van der Waals surface area contributed by atoms with Crippen molar-refractivity contribution in [1.29, 1.82) is 0 Å². The van der Waals surface area contributed by atoms with Crippen molar-refractivity contribution in [2.45, 2.75) is 20.3 Å². The molecule has 208 valence electrons. The summed E-state index contributed by atoms with van der Waals surface area (Å²) in [5.41, 5.74) is 3.98. The van der Waals surface area contributed by atoms with Gasteiger partial charge in [0.25, 0.3) is 0 Å². The maximum absolute atomic E-state index is 13.5. The first-order chi connectivity index (χ1) is 20.0. The number of carbonyl (C=O) groups excluding carboxylic acids is 2. The number of nitrogens with zero attached hydrogens (tertiary/aromatic N) is 3. The smallest absolute Gasteiger partial charge is 0.322 e. The van der Waals surface area contributed by atoms with Crippen LogP contribution in [-0.4, -0.2) is 46.8 Å². The first-order valence-electron chi connectivity index (χ1n) is 13.6. The maximum Gasteiger partial charge on any atom is 0.322 e. The summed E-state index contributed by atoms with van der Waals surface area (Å²) in [6.07, 6.45) is 0.703. The summed E-state index contributed by atoms with van der Waals surface area (Å²) >= 11 is 0. The van der Waals surface area contributed by atoms with Crippen LogP contribution in [-0.2, 0) is 4.79 Å². The SMILES string of the molecule is CCCN(CC(=O)Nc1c(-c2ccccc2)c(C)nn1-c1ccc(OC)cc1)C(=O)Nc1cccc2ccccc12. The van der Waals surface area contributed by atoms with Gasteiger partial charge < -0.3 is 20.3 Å². The molecule has 0 saturated heterocycles. The van der Waals surface area contributed by atoms with E-state index in [9.17, 15) is 9.59 Å². The van der Waals surface area contributed by atoms with Gasteiger partial charge in [-0.15, -0.1) is 0 Å². The minimum absolute atomic E-state index is 0.120. The number of nitrogens with one attached hydrogen (secondary N) is 2. The number of aromatic nitrogens is 2. The lowest BCUT2D eigenvalue weighted by Gasteiger charge is -2.23. The second-order valence-corrected chi connectivity index (χ2v) is 9.71. The van der Waals surface area contributed by atoms with Crippen LogP contribution in [0, 0.1) is 6.92 Å². The normalized spacial score (nSPS) is 10.8. The van der Waals surface area contributed by atoms with Crippen molar-refractivity contribution in [2.24, 2.45) is 0 Å². The molecule has 8 heteroatoms. The number of ether oxygens (including phenoxy) is 1. The van der Waals surface area contributed by atoms with Crippen molar-refractivity contribution in [3.63, 3.8) is 0 Å². The Hall–Kier alpha value is -5.11. The number of hydrogen-bond donors (Lipinski definition) is 2. The van der Waals surface area contributed by atoms with Gasteiger partial charge in [0, 0.05) is 17.5 Å². The van der Waals surface area contributed by atoms with Gasteiger partial charge in [0.1, 0.15) is 18.1 Å². The molecule has 0 aliphatic rings. The monoisotopic (exact) mass is 547 g/mol. The lowest BCUT2D eigenvalue weighted by atomic mass is 10.1.